The van der Waals surface area contributed by atoms with Crippen LogP contribution in [0.1, 0.15) is 21.5 Å². The number of aliphatic imine (C=N–C) groups is 1. The van der Waals surface area contributed by atoms with Crippen LogP contribution in [0.25, 0.3) is 0 Å². The van der Waals surface area contributed by atoms with Crippen LogP contribution in [0.15, 0.2) is 81.5 Å². The number of phenols is 1. The molecular weight excluding hydrogens is 360 g/mol. The third-order valence-corrected chi connectivity index (χ3v) is 5.31. The second-order valence-corrected chi connectivity index (χ2v) is 6.98. The number of aromatic hydroxyl groups is 1. The summed E-state index contributed by atoms with van der Waals surface area (Å²) in [6.45, 7) is 0. The van der Waals surface area contributed by atoms with Gasteiger partial charge in [0, 0.05) is 26.5 Å². The molecule has 0 saturated heterocycles. The zero-order valence-electron chi connectivity index (χ0n) is 14.5. The normalized spacial score (nSPS) is 12.4. The minimum absolute atomic E-state index is 0.160. The molecule has 1 amide bonds. The molecule has 3 aromatic rings. The van der Waals surface area contributed by atoms with E-state index < -0.39 is 0 Å². The predicted molar refractivity (Wildman–Crippen MR) is 105 cm³/mol. The highest BCUT2D eigenvalue weighted by molar-refractivity contribution is 7.99. The van der Waals surface area contributed by atoms with Crippen LogP contribution in [0, 0.1) is 0 Å². The topological polar surface area (TPSA) is 70.9 Å². The molecule has 27 heavy (non-hydrogen) atoms. The monoisotopic (exact) mass is 376 g/mol. The first kappa shape index (κ1) is 17.3. The van der Waals surface area contributed by atoms with E-state index in [0.29, 0.717) is 22.5 Å². The van der Waals surface area contributed by atoms with Gasteiger partial charge in [-0.2, -0.15) is 0 Å². The number of carbonyl (C=O) groups excluding carboxylic acids is 1. The summed E-state index contributed by atoms with van der Waals surface area (Å²) in [5.41, 5.74) is 5.67. The van der Waals surface area contributed by atoms with Gasteiger partial charge >= 0.3 is 0 Å². The summed E-state index contributed by atoms with van der Waals surface area (Å²) in [5, 5.41) is 10.4. The Morgan fingerprint density at radius 3 is 2.52 bits per heavy atom. The molecule has 0 unspecified atom stereocenters. The number of carbonyl (C=O) groups is 1. The maximum absolute atomic E-state index is 12.1. The summed E-state index contributed by atoms with van der Waals surface area (Å²) in [4.78, 5) is 23.6. The van der Waals surface area contributed by atoms with Crippen LogP contribution < -0.4 is 5.48 Å². The summed E-state index contributed by atoms with van der Waals surface area (Å²) in [6.07, 6.45) is 0. The number of rotatable bonds is 3. The number of fused-ring (bicyclic) bond motifs is 2. The second kappa shape index (κ2) is 7.26. The zero-order valence-corrected chi connectivity index (χ0v) is 15.3. The molecule has 3 aromatic carbocycles. The van der Waals surface area contributed by atoms with Crippen LogP contribution in [-0.4, -0.2) is 23.8 Å². The van der Waals surface area contributed by atoms with Crippen molar-refractivity contribution >= 4 is 29.1 Å². The standard InChI is InChI=1S/C21H16N2O3S/c1-26-23-21(25)13-10-11-19-16(12-13)22-20(14-6-2-4-8-17(14)24)15-7-3-5-9-18(15)27-19/h2-12,24H,1H3,(H,23,25). The highest BCUT2D eigenvalue weighted by atomic mass is 32.2. The molecule has 0 fully saturated rings. The van der Waals surface area contributed by atoms with Gasteiger partial charge in [0.25, 0.3) is 5.91 Å². The second-order valence-electron chi connectivity index (χ2n) is 5.89. The largest absolute Gasteiger partial charge is 0.507 e. The molecule has 2 N–H and O–H groups in total. The summed E-state index contributed by atoms with van der Waals surface area (Å²) in [6, 6.07) is 20.4. The Kier molecular flexibility index (Phi) is 4.66. The van der Waals surface area contributed by atoms with E-state index in [0.717, 1.165) is 15.4 Å². The van der Waals surface area contributed by atoms with E-state index in [9.17, 15) is 9.90 Å². The smallest absolute Gasteiger partial charge is 0.274 e. The van der Waals surface area contributed by atoms with Gasteiger partial charge in [-0.3, -0.25) is 9.63 Å². The maximum Gasteiger partial charge on any atom is 0.274 e. The number of phenolic OH excluding ortho intramolecular Hbond substituents is 1. The van der Waals surface area contributed by atoms with Gasteiger partial charge in [0.15, 0.2) is 0 Å². The fourth-order valence-corrected chi connectivity index (χ4v) is 3.92. The molecule has 5 nitrogen and oxygen atoms in total. The van der Waals surface area contributed by atoms with E-state index in [1.165, 1.54) is 7.11 Å². The minimum Gasteiger partial charge on any atom is -0.507 e. The SMILES string of the molecule is CONC(=O)c1ccc2c(c1)N=C(c1ccccc1O)c1ccccc1S2. The first-order valence-electron chi connectivity index (χ1n) is 8.29. The number of para-hydroxylation sites is 1. The number of benzene rings is 3. The molecule has 1 aliphatic rings. The third kappa shape index (κ3) is 3.32. The zero-order chi connectivity index (χ0) is 18.8. The number of amides is 1. The number of hydrogen-bond donors (Lipinski definition) is 2. The summed E-state index contributed by atoms with van der Waals surface area (Å²) >= 11 is 1.58. The molecule has 6 heteroatoms. The summed E-state index contributed by atoms with van der Waals surface area (Å²) < 4.78 is 0. The van der Waals surface area contributed by atoms with E-state index in [1.807, 2.05) is 42.5 Å². The van der Waals surface area contributed by atoms with Gasteiger partial charge in [-0.15, -0.1) is 0 Å². The molecule has 1 aliphatic heterocycles. The molecule has 1 heterocycles. The van der Waals surface area contributed by atoms with Gasteiger partial charge in [0.05, 0.1) is 18.5 Å². The lowest BCUT2D eigenvalue weighted by atomic mass is 10.0. The van der Waals surface area contributed by atoms with Crippen LogP contribution >= 0.6 is 11.8 Å². The van der Waals surface area contributed by atoms with Crippen molar-refractivity contribution in [2.75, 3.05) is 7.11 Å². The average molecular weight is 376 g/mol. The van der Waals surface area contributed by atoms with E-state index in [4.69, 9.17) is 9.83 Å². The van der Waals surface area contributed by atoms with Crippen molar-refractivity contribution in [3.05, 3.63) is 83.4 Å². The molecule has 0 bridgehead atoms. The molecule has 4 rings (SSSR count). The highest BCUT2D eigenvalue weighted by Crippen LogP contribution is 2.42. The Morgan fingerprint density at radius 2 is 1.74 bits per heavy atom. The fraction of sp³-hybridized carbons (Fsp3) is 0.0476. The van der Waals surface area contributed by atoms with E-state index >= 15 is 0 Å². The lowest BCUT2D eigenvalue weighted by molar-refractivity contribution is 0.0537. The molecule has 0 spiro atoms. The van der Waals surface area contributed by atoms with E-state index in [2.05, 4.69) is 5.48 Å². The van der Waals surface area contributed by atoms with Gasteiger partial charge in [-0.25, -0.2) is 10.5 Å². The highest BCUT2D eigenvalue weighted by Gasteiger charge is 2.21. The molecule has 0 atom stereocenters. The fourth-order valence-electron chi connectivity index (χ4n) is 2.91. The Balaban J connectivity index is 1.92. The molecule has 0 aromatic heterocycles. The van der Waals surface area contributed by atoms with Crippen molar-refractivity contribution in [1.82, 2.24) is 5.48 Å². The Labute approximate surface area is 160 Å². The number of hydroxylamine groups is 1. The quantitative estimate of drug-likeness (QED) is 0.523. The van der Waals surface area contributed by atoms with Crippen molar-refractivity contribution in [3.63, 3.8) is 0 Å². The lowest BCUT2D eigenvalue weighted by Gasteiger charge is -2.10. The van der Waals surface area contributed by atoms with Crippen LogP contribution in [0.2, 0.25) is 0 Å². The van der Waals surface area contributed by atoms with Gasteiger partial charge in [0.2, 0.25) is 0 Å². The molecule has 0 saturated carbocycles. The van der Waals surface area contributed by atoms with Crippen LogP contribution in [0.4, 0.5) is 5.69 Å². The Bertz CT molecular complexity index is 1060. The first-order valence-corrected chi connectivity index (χ1v) is 9.10. The van der Waals surface area contributed by atoms with E-state index in [-0.39, 0.29) is 11.7 Å². The van der Waals surface area contributed by atoms with Crippen molar-refractivity contribution < 1.29 is 14.7 Å². The molecule has 134 valence electrons. The van der Waals surface area contributed by atoms with Gasteiger partial charge in [-0.1, -0.05) is 42.1 Å². The van der Waals surface area contributed by atoms with Gasteiger partial charge in [0.1, 0.15) is 5.75 Å². The average Bonchev–Trinajstić information content (AvgIpc) is 2.84. The van der Waals surface area contributed by atoms with Crippen LogP contribution in [-0.2, 0) is 4.84 Å². The van der Waals surface area contributed by atoms with Crippen molar-refractivity contribution in [1.29, 1.82) is 0 Å². The van der Waals surface area contributed by atoms with Gasteiger partial charge in [-0.05, 0) is 36.4 Å². The maximum atomic E-state index is 12.1. The predicted octanol–water partition coefficient (Wildman–Crippen LogP) is 4.32. The number of nitrogens with one attached hydrogen (secondary N) is 1. The summed E-state index contributed by atoms with van der Waals surface area (Å²) in [5.74, 6) is -0.181. The Hall–Kier alpha value is -3.09. The van der Waals surface area contributed by atoms with Crippen molar-refractivity contribution in [2.24, 2.45) is 4.99 Å². The lowest BCUT2D eigenvalue weighted by Crippen LogP contribution is -2.21. The molecule has 0 aliphatic carbocycles. The first-order chi connectivity index (χ1) is 13.2. The third-order valence-electron chi connectivity index (χ3n) is 4.17. The van der Waals surface area contributed by atoms with Gasteiger partial charge < -0.3 is 5.11 Å². The van der Waals surface area contributed by atoms with Crippen LogP contribution in [0.3, 0.4) is 0 Å². The summed E-state index contributed by atoms with van der Waals surface area (Å²) in [7, 11) is 1.39. The minimum atomic E-state index is -0.341. The molecule has 0 radical (unpaired) electrons. The molecular formula is C21H16N2O3S. The van der Waals surface area contributed by atoms with E-state index in [1.54, 1.807) is 36.0 Å². The Morgan fingerprint density at radius 1 is 1.00 bits per heavy atom. The van der Waals surface area contributed by atoms with Crippen molar-refractivity contribution in [2.45, 2.75) is 9.79 Å². The number of hydrogen-bond acceptors (Lipinski definition) is 5. The van der Waals surface area contributed by atoms with Crippen LogP contribution in [0.5, 0.6) is 5.75 Å². The number of nitrogens with zero attached hydrogens (tertiary/aromatic N) is 1. The van der Waals surface area contributed by atoms with Crippen molar-refractivity contribution in [3.8, 4) is 5.75 Å².